The quantitative estimate of drug-likeness (QED) is 0.743. The third-order valence-corrected chi connectivity index (χ3v) is 2.19. The van der Waals surface area contributed by atoms with Crippen molar-refractivity contribution in [3.63, 3.8) is 0 Å². The van der Waals surface area contributed by atoms with E-state index in [-0.39, 0.29) is 11.8 Å². The molecule has 4 heteroatoms. The molecule has 0 radical (unpaired) electrons. The van der Waals surface area contributed by atoms with Crippen molar-refractivity contribution in [1.82, 2.24) is 0 Å². The number of hydrogen-bond donors (Lipinski definition) is 2. The Kier molecular flexibility index (Phi) is 2.21. The van der Waals surface area contributed by atoms with Gasteiger partial charge in [0.25, 0.3) is 0 Å². The van der Waals surface area contributed by atoms with Gasteiger partial charge in [-0.2, -0.15) is 0 Å². The van der Waals surface area contributed by atoms with Crippen LogP contribution in [0.3, 0.4) is 0 Å². The van der Waals surface area contributed by atoms with Gasteiger partial charge >= 0.3 is 0 Å². The molecule has 3 N–H and O–H groups in total. The van der Waals surface area contributed by atoms with Gasteiger partial charge in [0.15, 0.2) is 0 Å². The predicted octanol–water partition coefficient (Wildman–Crippen LogP) is 1.18. The number of nitrogens with two attached hydrogens (primary N) is 1. The van der Waals surface area contributed by atoms with Crippen LogP contribution in [-0.4, -0.2) is 18.3 Å². The van der Waals surface area contributed by atoms with E-state index in [4.69, 9.17) is 15.2 Å². The van der Waals surface area contributed by atoms with Crippen molar-refractivity contribution in [2.75, 3.05) is 13.2 Å². The fraction of sp³-hybridized carbons (Fsp3) is 0.400. The molecule has 2 rings (SSSR count). The molecule has 1 aliphatic rings. The molecule has 14 heavy (non-hydrogen) atoms. The van der Waals surface area contributed by atoms with Crippen molar-refractivity contribution in [2.45, 2.75) is 13.0 Å². The second-order valence-corrected chi connectivity index (χ2v) is 3.20. The second-order valence-electron chi connectivity index (χ2n) is 3.20. The van der Waals surface area contributed by atoms with Crippen LogP contribution in [0.2, 0.25) is 0 Å². The summed E-state index contributed by atoms with van der Waals surface area (Å²) in [5.41, 5.74) is 6.42. The molecular weight excluding hydrogens is 182 g/mol. The van der Waals surface area contributed by atoms with Gasteiger partial charge < -0.3 is 20.3 Å². The monoisotopic (exact) mass is 195 g/mol. The van der Waals surface area contributed by atoms with E-state index in [2.05, 4.69) is 0 Å². The Labute approximate surface area is 82.2 Å². The van der Waals surface area contributed by atoms with E-state index < -0.39 is 0 Å². The summed E-state index contributed by atoms with van der Waals surface area (Å²) < 4.78 is 10.6. The van der Waals surface area contributed by atoms with Gasteiger partial charge in [-0.05, 0) is 6.92 Å². The summed E-state index contributed by atoms with van der Waals surface area (Å²) in [6.45, 7) is 2.86. The molecule has 1 aromatic carbocycles. The van der Waals surface area contributed by atoms with Crippen molar-refractivity contribution < 1.29 is 14.6 Å². The molecule has 1 aromatic rings. The van der Waals surface area contributed by atoms with E-state index in [0.717, 1.165) is 0 Å². The molecule has 0 saturated carbocycles. The van der Waals surface area contributed by atoms with Gasteiger partial charge in [-0.25, -0.2) is 0 Å². The molecule has 0 fully saturated rings. The van der Waals surface area contributed by atoms with Crippen molar-refractivity contribution in [3.05, 3.63) is 17.7 Å². The number of phenols is 1. The Bertz CT molecular complexity index is 351. The molecule has 1 aliphatic heterocycles. The molecule has 1 heterocycles. The van der Waals surface area contributed by atoms with Crippen LogP contribution < -0.4 is 15.2 Å². The predicted molar refractivity (Wildman–Crippen MR) is 51.7 cm³/mol. The van der Waals surface area contributed by atoms with Gasteiger partial charge in [-0.3, -0.25) is 0 Å². The Morgan fingerprint density at radius 1 is 1.64 bits per heavy atom. The molecule has 0 aromatic heterocycles. The van der Waals surface area contributed by atoms with Crippen LogP contribution in [0, 0.1) is 0 Å². The van der Waals surface area contributed by atoms with Gasteiger partial charge in [0.2, 0.25) is 0 Å². The van der Waals surface area contributed by atoms with Crippen LogP contribution in [-0.2, 0) is 0 Å². The van der Waals surface area contributed by atoms with Gasteiger partial charge in [-0.15, -0.1) is 0 Å². The number of aromatic hydroxyl groups is 1. The average molecular weight is 195 g/mol. The van der Waals surface area contributed by atoms with Crippen LogP contribution >= 0.6 is 0 Å². The van der Waals surface area contributed by atoms with Gasteiger partial charge in [0.05, 0.1) is 18.2 Å². The number of ether oxygens (including phenoxy) is 2. The second kappa shape index (κ2) is 3.38. The highest BCUT2D eigenvalue weighted by molar-refractivity contribution is 5.53. The third-order valence-electron chi connectivity index (χ3n) is 2.19. The summed E-state index contributed by atoms with van der Waals surface area (Å²) in [5.74, 6) is 1.38. The Balaban J connectivity index is 2.41. The first-order chi connectivity index (χ1) is 6.72. The maximum absolute atomic E-state index is 9.67. The molecule has 0 saturated heterocycles. The van der Waals surface area contributed by atoms with Gasteiger partial charge in [0, 0.05) is 12.1 Å². The highest BCUT2D eigenvalue weighted by Crippen LogP contribution is 2.40. The molecule has 0 spiro atoms. The minimum absolute atomic E-state index is 0.149. The third kappa shape index (κ3) is 1.37. The van der Waals surface area contributed by atoms with Crippen LogP contribution in [0.25, 0.3) is 0 Å². The van der Waals surface area contributed by atoms with E-state index >= 15 is 0 Å². The molecular formula is C10H13NO3. The minimum Gasteiger partial charge on any atom is -0.507 e. The molecule has 0 bridgehead atoms. The molecule has 4 nitrogen and oxygen atoms in total. The van der Waals surface area contributed by atoms with E-state index in [9.17, 15) is 5.11 Å². The lowest BCUT2D eigenvalue weighted by molar-refractivity contribution is 0.322. The summed E-state index contributed by atoms with van der Waals surface area (Å²) in [5, 5.41) is 9.67. The Hall–Kier alpha value is -1.42. The lowest BCUT2D eigenvalue weighted by Crippen LogP contribution is -2.10. The highest BCUT2D eigenvalue weighted by atomic mass is 16.5. The zero-order chi connectivity index (χ0) is 10.1. The first-order valence-corrected chi connectivity index (χ1v) is 4.60. The summed E-state index contributed by atoms with van der Waals surface area (Å²) in [6.07, 6.45) is 0. The van der Waals surface area contributed by atoms with E-state index in [1.54, 1.807) is 12.1 Å². The molecule has 0 aliphatic carbocycles. The van der Waals surface area contributed by atoms with Crippen molar-refractivity contribution in [3.8, 4) is 17.2 Å². The van der Waals surface area contributed by atoms with Crippen LogP contribution in [0.5, 0.6) is 17.2 Å². The van der Waals surface area contributed by atoms with Crippen LogP contribution in [0.4, 0.5) is 0 Å². The summed E-state index contributed by atoms with van der Waals surface area (Å²) in [7, 11) is 0. The van der Waals surface area contributed by atoms with Gasteiger partial charge in [0.1, 0.15) is 23.9 Å². The average Bonchev–Trinajstić information content (AvgIpc) is 2.48. The van der Waals surface area contributed by atoms with Crippen molar-refractivity contribution in [2.24, 2.45) is 5.73 Å². The Morgan fingerprint density at radius 3 is 3.14 bits per heavy atom. The fourth-order valence-electron chi connectivity index (χ4n) is 1.59. The minimum atomic E-state index is -0.235. The number of hydrogen-bond acceptors (Lipinski definition) is 4. The standard InChI is InChI=1S/C10H13NO3/c1-2-13-6-3-8(12)10-7(11)5-14-9(10)4-6/h3-4,7,12H,2,5,11H2,1H3. The summed E-state index contributed by atoms with van der Waals surface area (Å²) in [4.78, 5) is 0. The number of rotatable bonds is 2. The van der Waals surface area contributed by atoms with Crippen molar-refractivity contribution >= 4 is 0 Å². The smallest absolute Gasteiger partial charge is 0.131 e. The van der Waals surface area contributed by atoms with Crippen LogP contribution in [0.15, 0.2) is 12.1 Å². The van der Waals surface area contributed by atoms with Crippen LogP contribution in [0.1, 0.15) is 18.5 Å². The first kappa shape index (κ1) is 9.15. The lowest BCUT2D eigenvalue weighted by atomic mass is 10.1. The van der Waals surface area contributed by atoms with Gasteiger partial charge in [-0.1, -0.05) is 0 Å². The van der Waals surface area contributed by atoms with E-state index in [1.807, 2.05) is 6.92 Å². The normalized spacial score (nSPS) is 18.9. The topological polar surface area (TPSA) is 64.7 Å². The highest BCUT2D eigenvalue weighted by Gasteiger charge is 2.25. The zero-order valence-electron chi connectivity index (χ0n) is 7.99. The van der Waals surface area contributed by atoms with E-state index in [1.165, 1.54) is 0 Å². The lowest BCUT2D eigenvalue weighted by Gasteiger charge is -2.08. The molecule has 76 valence electrons. The number of benzene rings is 1. The first-order valence-electron chi connectivity index (χ1n) is 4.60. The number of fused-ring (bicyclic) bond motifs is 1. The van der Waals surface area contributed by atoms with Crippen molar-refractivity contribution in [1.29, 1.82) is 0 Å². The summed E-state index contributed by atoms with van der Waals surface area (Å²) in [6, 6.07) is 3.09. The zero-order valence-corrected chi connectivity index (χ0v) is 7.99. The maximum atomic E-state index is 9.67. The fourth-order valence-corrected chi connectivity index (χ4v) is 1.59. The van der Waals surface area contributed by atoms with E-state index in [0.29, 0.717) is 30.3 Å². The molecule has 0 amide bonds. The maximum Gasteiger partial charge on any atom is 0.131 e. The Morgan fingerprint density at radius 2 is 2.43 bits per heavy atom. The number of phenolic OH excluding ortho intramolecular Hbond substituents is 1. The molecule has 1 atom stereocenters. The largest absolute Gasteiger partial charge is 0.507 e. The summed E-state index contributed by atoms with van der Waals surface area (Å²) >= 11 is 0. The molecule has 1 unspecified atom stereocenters. The SMILES string of the molecule is CCOc1cc(O)c2c(c1)OCC2N.